The zero-order chi connectivity index (χ0) is 17.8. The molecule has 1 unspecified atom stereocenters. The van der Waals surface area contributed by atoms with Gasteiger partial charge in [0.15, 0.2) is 0 Å². The van der Waals surface area contributed by atoms with Gasteiger partial charge in [0.25, 0.3) is 0 Å². The van der Waals surface area contributed by atoms with Crippen molar-refractivity contribution >= 4 is 22.5 Å². The maximum Gasteiger partial charge on any atom is 0.242 e. The Balaban J connectivity index is 2.03. The summed E-state index contributed by atoms with van der Waals surface area (Å²) in [6, 6.07) is 17.1. The summed E-state index contributed by atoms with van der Waals surface area (Å²) < 4.78 is 0. The number of benzene rings is 2. The molecule has 4 nitrogen and oxygen atoms in total. The fraction of sp³-hybridized carbons (Fsp3) is 0.143. The molecule has 4 heteroatoms. The van der Waals surface area contributed by atoms with Crippen LogP contribution >= 0.6 is 0 Å². The largest absolute Gasteiger partial charge is 0.320 e. The van der Waals surface area contributed by atoms with Gasteiger partial charge in [-0.05, 0) is 43.4 Å². The smallest absolute Gasteiger partial charge is 0.242 e. The van der Waals surface area contributed by atoms with Gasteiger partial charge < -0.3 is 11.1 Å². The molecule has 3 rings (SSSR count). The molecule has 1 amide bonds. The number of anilines is 1. The van der Waals surface area contributed by atoms with E-state index < -0.39 is 6.04 Å². The minimum absolute atomic E-state index is 0.278. The molecule has 0 spiro atoms. The van der Waals surface area contributed by atoms with E-state index in [2.05, 4.69) is 22.1 Å². The number of nitrogens with two attached hydrogens (primary N) is 1. The van der Waals surface area contributed by atoms with Crippen LogP contribution in [-0.2, 0) is 4.79 Å². The molecule has 1 aromatic heterocycles. The zero-order valence-corrected chi connectivity index (χ0v) is 14.2. The molecule has 0 saturated heterocycles. The lowest BCUT2D eigenvalue weighted by Crippen LogP contribution is -2.32. The highest BCUT2D eigenvalue weighted by Gasteiger charge is 2.10. The second kappa shape index (κ2) is 7.16. The van der Waals surface area contributed by atoms with Gasteiger partial charge in [-0.2, -0.15) is 0 Å². The predicted molar refractivity (Wildman–Crippen MR) is 101 cm³/mol. The van der Waals surface area contributed by atoms with E-state index in [-0.39, 0.29) is 5.91 Å². The van der Waals surface area contributed by atoms with Crippen molar-refractivity contribution in [2.24, 2.45) is 5.73 Å². The van der Waals surface area contributed by atoms with Gasteiger partial charge >= 0.3 is 0 Å². The van der Waals surface area contributed by atoms with Gasteiger partial charge in [0.2, 0.25) is 5.91 Å². The number of hydrogen-bond donors (Lipinski definition) is 2. The van der Waals surface area contributed by atoms with Crippen molar-refractivity contribution < 1.29 is 4.79 Å². The molecule has 0 aliphatic heterocycles. The molecule has 3 N–H and O–H groups in total. The number of nitrogens with one attached hydrogen (secondary N) is 1. The van der Waals surface area contributed by atoms with Gasteiger partial charge in [0.05, 0.1) is 6.04 Å². The number of hydrogen-bond acceptors (Lipinski definition) is 3. The van der Waals surface area contributed by atoms with Gasteiger partial charge in [-0.25, -0.2) is 4.98 Å². The first-order chi connectivity index (χ1) is 12.0. The Morgan fingerprint density at radius 3 is 2.56 bits per heavy atom. The third-order valence-electron chi connectivity index (χ3n) is 3.78. The Bertz CT molecular complexity index is 979. The Morgan fingerprint density at radius 1 is 1.12 bits per heavy atom. The first-order valence-electron chi connectivity index (χ1n) is 8.08. The van der Waals surface area contributed by atoms with E-state index in [9.17, 15) is 4.79 Å². The average Bonchev–Trinajstić information content (AvgIpc) is 2.61. The van der Waals surface area contributed by atoms with Crippen LogP contribution in [0.5, 0.6) is 0 Å². The Hall–Kier alpha value is -3.16. The number of aryl methyl sites for hydroxylation is 1. The van der Waals surface area contributed by atoms with Crippen LogP contribution in [0.4, 0.5) is 5.82 Å². The number of rotatable bonds is 2. The Labute approximate surface area is 147 Å². The minimum atomic E-state index is -0.602. The van der Waals surface area contributed by atoms with E-state index in [1.807, 2.05) is 61.5 Å². The molecule has 0 saturated carbocycles. The summed E-state index contributed by atoms with van der Waals surface area (Å²) in [6.45, 7) is 3.67. The van der Waals surface area contributed by atoms with Crippen molar-refractivity contribution in [3.63, 3.8) is 0 Å². The predicted octanol–water partition coefficient (Wildman–Crippen LogP) is 3.23. The molecule has 0 bridgehead atoms. The topological polar surface area (TPSA) is 68.0 Å². The van der Waals surface area contributed by atoms with Crippen LogP contribution in [0.15, 0.2) is 54.6 Å². The van der Waals surface area contributed by atoms with E-state index in [0.717, 1.165) is 16.3 Å². The highest BCUT2D eigenvalue weighted by Crippen LogP contribution is 2.20. The van der Waals surface area contributed by atoms with E-state index in [1.165, 1.54) is 5.56 Å². The number of pyridine rings is 1. The summed E-state index contributed by atoms with van der Waals surface area (Å²) >= 11 is 0. The van der Waals surface area contributed by atoms with Crippen LogP contribution in [0.1, 0.15) is 23.7 Å². The van der Waals surface area contributed by atoms with Gasteiger partial charge in [-0.15, -0.1) is 0 Å². The number of amides is 1. The average molecular weight is 329 g/mol. The third-order valence-corrected chi connectivity index (χ3v) is 3.78. The number of aromatic nitrogens is 1. The minimum Gasteiger partial charge on any atom is -0.320 e. The molecule has 0 aliphatic rings. The van der Waals surface area contributed by atoms with Gasteiger partial charge in [-0.1, -0.05) is 47.9 Å². The molecule has 1 atom stereocenters. The van der Waals surface area contributed by atoms with E-state index in [0.29, 0.717) is 11.5 Å². The van der Waals surface area contributed by atoms with Crippen LogP contribution < -0.4 is 11.1 Å². The van der Waals surface area contributed by atoms with Crippen LogP contribution in [0.2, 0.25) is 0 Å². The van der Waals surface area contributed by atoms with Crippen molar-refractivity contribution in [1.82, 2.24) is 4.98 Å². The second-order valence-corrected chi connectivity index (χ2v) is 5.97. The highest BCUT2D eigenvalue weighted by atomic mass is 16.2. The molecule has 0 aliphatic carbocycles. The maximum atomic E-state index is 11.9. The van der Waals surface area contributed by atoms with Crippen LogP contribution in [0.25, 0.3) is 10.8 Å². The van der Waals surface area contributed by atoms with Gasteiger partial charge in [0.1, 0.15) is 11.5 Å². The van der Waals surface area contributed by atoms with Crippen LogP contribution in [0.3, 0.4) is 0 Å². The molecule has 25 heavy (non-hydrogen) atoms. The first kappa shape index (κ1) is 16.7. The SMILES string of the molecule is Cc1ccc(C#Cc2nc(NC(=O)C(C)N)cc3ccccc23)cc1. The summed E-state index contributed by atoms with van der Waals surface area (Å²) in [7, 11) is 0. The Kier molecular flexibility index (Phi) is 4.78. The molecule has 3 aromatic rings. The summed E-state index contributed by atoms with van der Waals surface area (Å²) in [6.07, 6.45) is 0. The van der Waals surface area contributed by atoms with Crippen molar-refractivity contribution in [2.45, 2.75) is 19.9 Å². The quantitative estimate of drug-likeness (QED) is 0.709. The van der Waals surface area contributed by atoms with Crippen molar-refractivity contribution in [3.8, 4) is 11.8 Å². The number of fused-ring (bicyclic) bond motifs is 1. The molecule has 0 fully saturated rings. The molecule has 2 aromatic carbocycles. The number of carbonyl (C=O) groups excluding carboxylic acids is 1. The fourth-order valence-corrected chi connectivity index (χ4v) is 2.37. The lowest BCUT2D eigenvalue weighted by Gasteiger charge is -2.09. The van der Waals surface area contributed by atoms with Crippen molar-refractivity contribution in [1.29, 1.82) is 0 Å². The fourth-order valence-electron chi connectivity index (χ4n) is 2.37. The third kappa shape index (κ3) is 4.03. The van der Waals surface area contributed by atoms with Crippen molar-refractivity contribution in [3.05, 3.63) is 71.4 Å². The van der Waals surface area contributed by atoms with E-state index in [4.69, 9.17) is 5.73 Å². The van der Waals surface area contributed by atoms with Crippen molar-refractivity contribution in [2.75, 3.05) is 5.32 Å². The summed E-state index contributed by atoms with van der Waals surface area (Å²) in [5.41, 5.74) is 8.34. The standard InChI is InChI=1S/C21H19N3O/c1-14-7-9-16(10-8-14)11-12-19-18-6-4-3-5-17(18)13-20(23-19)24-21(25)15(2)22/h3-10,13,15H,22H2,1-2H3,(H,23,24,25). The van der Waals surface area contributed by atoms with E-state index >= 15 is 0 Å². The lowest BCUT2D eigenvalue weighted by molar-refractivity contribution is -0.117. The molecular weight excluding hydrogens is 310 g/mol. The zero-order valence-electron chi connectivity index (χ0n) is 14.2. The van der Waals surface area contributed by atoms with Crippen LogP contribution in [0, 0.1) is 18.8 Å². The Morgan fingerprint density at radius 2 is 1.84 bits per heavy atom. The van der Waals surface area contributed by atoms with Crippen LogP contribution in [-0.4, -0.2) is 16.9 Å². The van der Waals surface area contributed by atoms with Gasteiger partial charge in [0, 0.05) is 10.9 Å². The molecule has 0 radical (unpaired) electrons. The summed E-state index contributed by atoms with van der Waals surface area (Å²) in [5, 5.41) is 4.65. The number of nitrogens with zero attached hydrogens (tertiary/aromatic N) is 1. The molecule has 124 valence electrons. The number of carbonyl (C=O) groups is 1. The summed E-state index contributed by atoms with van der Waals surface area (Å²) in [4.78, 5) is 16.4. The molecular formula is C21H19N3O. The highest BCUT2D eigenvalue weighted by molar-refractivity contribution is 5.96. The monoisotopic (exact) mass is 329 g/mol. The summed E-state index contributed by atoms with van der Waals surface area (Å²) in [5.74, 6) is 6.43. The second-order valence-electron chi connectivity index (χ2n) is 5.97. The van der Waals surface area contributed by atoms with Gasteiger partial charge in [-0.3, -0.25) is 4.79 Å². The molecule has 1 heterocycles. The first-order valence-corrected chi connectivity index (χ1v) is 8.08. The lowest BCUT2D eigenvalue weighted by atomic mass is 10.1. The normalized spacial score (nSPS) is 11.5. The van der Waals surface area contributed by atoms with E-state index in [1.54, 1.807) is 6.92 Å². The maximum absolute atomic E-state index is 11.9.